The standard InChI is InChI=1S/C22H29N3O2/c1-15(2)10-11-20-16(3)23-25(17(20)4)22(27)19-12-21(26)24(14-19)13-18-8-6-5-7-9-18/h5-9,15,19H,10-14H2,1-4H3. The maximum absolute atomic E-state index is 13.0. The van der Waals surface area contributed by atoms with Gasteiger partial charge in [0.05, 0.1) is 11.6 Å². The minimum absolute atomic E-state index is 0.0405. The third kappa shape index (κ3) is 4.29. The van der Waals surface area contributed by atoms with Gasteiger partial charge in [-0.3, -0.25) is 9.59 Å². The summed E-state index contributed by atoms with van der Waals surface area (Å²) in [6.07, 6.45) is 2.28. The van der Waals surface area contributed by atoms with Crippen LogP contribution in [-0.4, -0.2) is 33.0 Å². The fourth-order valence-corrected chi connectivity index (χ4v) is 3.75. The molecule has 0 saturated carbocycles. The van der Waals surface area contributed by atoms with Crippen LogP contribution >= 0.6 is 0 Å². The number of hydrogen-bond acceptors (Lipinski definition) is 3. The Kier molecular flexibility index (Phi) is 5.78. The number of amides is 1. The van der Waals surface area contributed by atoms with Crippen molar-refractivity contribution >= 4 is 11.8 Å². The monoisotopic (exact) mass is 367 g/mol. The molecular formula is C22H29N3O2. The highest BCUT2D eigenvalue weighted by atomic mass is 16.2. The van der Waals surface area contributed by atoms with Crippen molar-refractivity contribution in [3.8, 4) is 0 Å². The molecule has 1 aliphatic heterocycles. The lowest BCUT2D eigenvalue weighted by Gasteiger charge is -2.16. The number of likely N-dealkylation sites (tertiary alicyclic amines) is 1. The van der Waals surface area contributed by atoms with Crippen LogP contribution in [0, 0.1) is 25.7 Å². The molecule has 3 rings (SSSR count). The maximum atomic E-state index is 13.0. The minimum Gasteiger partial charge on any atom is -0.338 e. The van der Waals surface area contributed by atoms with E-state index in [0.717, 1.165) is 29.8 Å². The van der Waals surface area contributed by atoms with Crippen LogP contribution in [0.4, 0.5) is 0 Å². The Morgan fingerprint density at radius 1 is 1.22 bits per heavy atom. The van der Waals surface area contributed by atoms with Crippen molar-refractivity contribution in [3.05, 3.63) is 52.8 Å². The Bertz CT molecular complexity index is 824. The zero-order valence-corrected chi connectivity index (χ0v) is 16.7. The molecule has 0 N–H and O–H groups in total. The highest BCUT2D eigenvalue weighted by Gasteiger charge is 2.36. The first-order valence-corrected chi connectivity index (χ1v) is 9.77. The Morgan fingerprint density at radius 3 is 2.59 bits per heavy atom. The van der Waals surface area contributed by atoms with Gasteiger partial charge in [0, 0.05) is 25.2 Å². The largest absolute Gasteiger partial charge is 0.338 e. The van der Waals surface area contributed by atoms with Crippen molar-refractivity contribution in [2.75, 3.05) is 6.54 Å². The Morgan fingerprint density at radius 2 is 1.93 bits per heavy atom. The Labute approximate surface area is 161 Å². The lowest BCUT2D eigenvalue weighted by Crippen LogP contribution is -2.28. The summed E-state index contributed by atoms with van der Waals surface area (Å²) in [6, 6.07) is 9.90. The number of carbonyl (C=O) groups excluding carboxylic acids is 2. The predicted molar refractivity (Wildman–Crippen MR) is 105 cm³/mol. The number of carbonyl (C=O) groups is 2. The first kappa shape index (κ1) is 19.3. The van der Waals surface area contributed by atoms with Crippen molar-refractivity contribution in [1.82, 2.24) is 14.7 Å². The molecule has 2 heterocycles. The number of rotatable bonds is 6. The first-order chi connectivity index (χ1) is 12.9. The molecule has 1 atom stereocenters. The Balaban J connectivity index is 1.71. The number of benzene rings is 1. The van der Waals surface area contributed by atoms with Gasteiger partial charge < -0.3 is 4.90 Å². The number of aromatic nitrogens is 2. The average molecular weight is 367 g/mol. The fraction of sp³-hybridized carbons (Fsp3) is 0.500. The fourth-order valence-electron chi connectivity index (χ4n) is 3.75. The summed E-state index contributed by atoms with van der Waals surface area (Å²) in [6.45, 7) is 9.35. The highest BCUT2D eigenvalue weighted by molar-refractivity contribution is 5.90. The molecule has 5 nitrogen and oxygen atoms in total. The molecule has 1 unspecified atom stereocenters. The van der Waals surface area contributed by atoms with Gasteiger partial charge in [0.25, 0.3) is 5.91 Å². The zero-order chi connectivity index (χ0) is 19.6. The van der Waals surface area contributed by atoms with E-state index in [-0.39, 0.29) is 24.2 Å². The molecule has 1 fully saturated rings. The molecule has 144 valence electrons. The van der Waals surface area contributed by atoms with Crippen molar-refractivity contribution in [1.29, 1.82) is 0 Å². The Hall–Kier alpha value is -2.43. The van der Waals surface area contributed by atoms with Gasteiger partial charge in [-0.2, -0.15) is 5.10 Å². The van der Waals surface area contributed by atoms with E-state index >= 15 is 0 Å². The molecule has 27 heavy (non-hydrogen) atoms. The quantitative estimate of drug-likeness (QED) is 0.781. The maximum Gasteiger partial charge on any atom is 0.252 e. The van der Waals surface area contributed by atoms with E-state index in [1.54, 1.807) is 4.90 Å². The van der Waals surface area contributed by atoms with E-state index in [1.807, 2.05) is 44.2 Å². The third-order valence-corrected chi connectivity index (χ3v) is 5.40. The summed E-state index contributed by atoms with van der Waals surface area (Å²) >= 11 is 0. The van der Waals surface area contributed by atoms with E-state index in [0.29, 0.717) is 19.0 Å². The van der Waals surface area contributed by atoms with Gasteiger partial charge in [0.15, 0.2) is 0 Å². The van der Waals surface area contributed by atoms with Crippen molar-refractivity contribution in [2.45, 2.75) is 53.5 Å². The van der Waals surface area contributed by atoms with Crippen molar-refractivity contribution < 1.29 is 9.59 Å². The first-order valence-electron chi connectivity index (χ1n) is 9.77. The summed E-state index contributed by atoms with van der Waals surface area (Å²) in [5.74, 6) is 0.271. The summed E-state index contributed by atoms with van der Waals surface area (Å²) in [5.41, 5.74) is 4.10. The summed E-state index contributed by atoms with van der Waals surface area (Å²) in [5, 5.41) is 4.50. The van der Waals surface area contributed by atoms with Gasteiger partial charge in [-0.1, -0.05) is 44.2 Å². The summed E-state index contributed by atoms with van der Waals surface area (Å²) in [7, 11) is 0. The van der Waals surface area contributed by atoms with Crippen molar-refractivity contribution in [3.63, 3.8) is 0 Å². The molecule has 0 aliphatic carbocycles. The van der Waals surface area contributed by atoms with Gasteiger partial charge in [0.2, 0.25) is 5.91 Å². The third-order valence-electron chi connectivity index (χ3n) is 5.40. The molecule has 0 spiro atoms. The van der Waals surface area contributed by atoms with E-state index in [9.17, 15) is 9.59 Å². The van der Waals surface area contributed by atoms with Crippen LogP contribution in [0.15, 0.2) is 30.3 Å². The van der Waals surface area contributed by atoms with Crippen LogP contribution in [-0.2, 0) is 17.8 Å². The minimum atomic E-state index is -0.322. The molecule has 1 amide bonds. The molecule has 0 bridgehead atoms. The number of aryl methyl sites for hydroxylation is 1. The van der Waals surface area contributed by atoms with Crippen LogP contribution in [0.2, 0.25) is 0 Å². The molecule has 0 radical (unpaired) electrons. The second-order valence-electron chi connectivity index (χ2n) is 7.99. The molecule has 2 aromatic rings. The second kappa shape index (κ2) is 8.07. The smallest absolute Gasteiger partial charge is 0.252 e. The zero-order valence-electron chi connectivity index (χ0n) is 16.7. The van der Waals surface area contributed by atoms with Crippen LogP contribution in [0.3, 0.4) is 0 Å². The number of hydrogen-bond donors (Lipinski definition) is 0. The van der Waals surface area contributed by atoms with Crippen LogP contribution in [0.1, 0.15) is 54.0 Å². The van der Waals surface area contributed by atoms with Gasteiger partial charge in [0.1, 0.15) is 0 Å². The topological polar surface area (TPSA) is 55.2 Å². The average Bonchev–Trinajstić information content (AvgIpc) is 3.13. The lowest BCUT2D eigenvalue weighted by molar-refractivity contribution is -0.128. The molecule has 5 heteroatoms. The van der Waals surface area contributed by atoms with Crippen molar-refractivity contribution in [2.24, 2.45) is 11.8 Å². The number of nitrogens with zero attached hydrogens (tertiary/aromatic N) is 3. The van der Waals surface area contributed by atoms with Gasteiger partial charge >= 0.3 is 0 Å². The van der Waals surface area contributed by atoms with Crippen LogP contribution in [0.5, 0.6) is 0 Å². The van der Waals surface area contributed by atoms with Crippen LogP contribution < -0.4 is 0 Å². The van der Waals surface area contributed by atoms with Gasteiger partial charge in [-0.25, -0.2) is 4.68 Å². The molecule has 1 aromatic carbocycles. The van der Waals surface area contributed by atoms with E-state index < -0.39 is 0 Å². The molecule has 1 aromatic heterocycles. The molecular weight excluding hydrogens is 338 g/mol. The highest BCUT2D eigenvalue weighted by Crippen LogP contribution is 2.24. The van der Waals surface area contributed by atoms with E-state index in [4.69, 9.17) is 0 Å². The van der Waals surface area contributed by atoms with Gasteiger partial charge in [-0.15, -0.1) is 0 Å². The second-order valence-corrected chi connectivity index (χ2v) is 7.99. The molecule has 1 aliphatic rings. The summed E-state index contributed by atoms with van der Waals surface area (Å²) in [4.78, 5) is 27.2. The van der Waals surface area contributed by atoms with E-state index in [1.165, 1.54) is 10.2 Å². The van der Waals surface area contributed by atoms with Crippen LogP contribution in [0.25, 0.3) is 0 Å². The predicted octanol–water partition coefficient (Wildman–Crippen LogP) is 3.78. The normalized spacial score (nSPS) is 17.1. The van der Waals surface area contributed by atoms with Gasteiger partial charge in [-0.05, 0) is 43.7 Å². The summed E-state index contributed by atoms with van der Waals surface area (Å²) < 4.78 is 1.54. The SMILES string of the molecule is Cc1nn(C(=O)C2CC(=O)N(Cc3ccccc3)C2)c(C)c1CCC(C)C. The van der Waals surface area contributed by atoms with E-state index in [2.05, 4.69) is 18.9 Å². The molecule has 1 saturated heterocycles. The lowest BCUT2D eigenvalue weighted by atomic mass is 10.0.